The summed E-state index contributed by atoms with van der Waals surface area (Å²) in [5, 5.41) is 8.39. The Labute approximate surface area is 234 Å². The number of carbonyl (C=O) groups excluding carboxylic acids is 1. The molecule has 7 nitrogen and oxygen atoms in total. The first kappa shape index (κ1) is 25.4. The van der Waals surface area contributed by atoms with Gasteiger partial charge in [-0.15, -0.1) is 0 Å². The quantitative estimate of drug-likeness (QED) is 0.352. The molecular weight excluding hydrogens is 503 g/mol. The first-order chi connectivity index (χ1) is 19.4. The van der Waals surface area contributed by atoms with E-state index in [-0.39, 0.29) is 17.6 Å². The number of nitrogens with zero attached hydrogens (tertiary/aromatic N) is 5. The van der Waals surface area contributed by atoms with Gasteiger partial charge in [0.15, 0.2) is 5.82 Å². The van der Waals surface area contributed by atoms with Gasteiger partial charge in [0, 0.05) is 71.6 Å². The van der Waals surface area contributed by atoms with Crippen molar-refractivity contribution in [3.63, 3.8) is 0 Å². The molecule has 5 heterocycles. The number of hydrogen-bond donors (Lipinski definition) is 1. The van der Waals surface area contributed by atoms with Crippen LogP contribution in [0.25, 0.3) is 22.0 Å². The second-order valence-electron chi connectivity index (χ2n) is 11.9. The lowest BCUT2D eigenvalue weighted by molar-refractivity contribution is 0.0748. The minimum Gasteiger partial charge on any atom is -0.341 e. The molecule has 1 atom stereocenters. The third kappa shape index (κ3) is 4.24. The summed E-state index contributed by atoms with van der Waals surface area (Å²) in [6.07, 6.45) is 6.98. The van der Waals surface area contributed by atoms with Crippen LogP contribution in [0.5, 0.6) is 0 Å². The summed E-state index contributed by atoms with van der Waals surface area (Å²) in [5.41, 5.74) is 8.21. The SMILES string of the molecule is CCc1nc(C)ccc1-c1cc(C(=O)N2Cc3cnn(C)c3C2)cc2c(F)c([C@@H]3CCCNC3)n(CC3CC3)c12. The Kier molecular flexibility index (Phi) is 6.26. The van der Waals surface area contributed by atoms with E-state index in [0.29, 0.717) is 30.0 Å². The zero-order chi connectivity index (χ0) is 27.5. The zero-order valence-electron chi connectivity index (χ0n) is 23.6. The minimum atomic E-state index is -0.160. The van der Waals surface area contributed by atoms with Crippen LogP contribution in [0.4, 0.5) is 4.39 Å². The zero-order valence-corrected chi connectivity index (χ0v) is 23.6. The molecular formula is C32H37FN6O. The van der Waals surface area contributed by atoms with Crippen molar-refractivity contribution >= 4 is 16.8 Å². The van der Waals surface area contributed by atoms with Crippen LogP contribution in [-0.2, 0) is 33.1 Å². The maximum atomic E-state index is 16.7. The fourth-order valence-corrected chi connectivity index (χ4v) is 6.77. The van der Waals surface area contributed by atoms with Crippen LogP contribution in [0.3, 0.4) is 0 Å². The van der Waals surface area contributed by atoms with E-state index >= 15 is 4.39 Å². The third-order valence-electron chi connectivity index (χ3n) is 9.08. The van der Waals surface area contributed by atoms with E-state index in [2.05, 4.69) is 28.0 Å². The molecule has 1 N–H and O–H groups in total. The summed E-state index contributed by atoms with van der Waals surface area (Å²) in [6.45, 7) is 7.72. The van der Waals surface area contributed by atoms with Crippen LogP contribution in [-0.4, -0.2) is 43.2 Å². The van der Waals surface area contributed by atoms with Crippen LogP contribution in [0.2, 0.25) is 0 Å². The Bertz CT molecular complexity index is 1620. The molecule has 0 unspecified atom stereocenters. The molecule has 40 heavy (non-hydrogen) atoms. The number of rotatable bonds is 6. The fourth-order valence-electron chi connectivity index (χ4n) is 6.77. The fraction of sp³-hybridized carbons (Fsp3) is 0.469. The van der Waals surface area contributed by atoms with Crippen molar-refractivity contribution in [2.75, 3.05) is 13.1 Å². The Morgan fingerprint density at radius 2 is 2.00 bits per heavy atom. The number of hydrogen-bond acceptors (Lipinski definition) is 4. The molecule has 0 spiro atoms. The van der Waals surface area contributed by atoms with Gasteiger partial charge >= 0.3 is 0 Å². The Hall–Kier alpha value is -3.52. The summed E-state index contributed by atoms with van der Waals surface area (Å²) in [4.78, 5) is 20.7. The van der Waals surface area contributed by atoms with Crippen LogP contribution in [0.1, 0.15) is 77.2 Å². The van der Waals surface area contributed by atoms with Crippen LogP contribution in [0, 0.1) is 18.7 Å². The number of nitrogens with one attached hydrogen (secondary N) is 1. The number of piperidine rings is 1. The predicted octanol–water partition coefficient (Wildman–Crippen LogP) is 5.48. The number of aryl methyl sites for hydroxylation is 3. The highest BCUT2D eigenvalue weighted by molar-refractivity contribution is 6.05. The summed E-state index contributed by atoms with van der Waals surface area (Å²) >= 11 is 0. The van der Waals surface area contributed by atoms with Gasteiger partial charge in [0.2, 0.25) is 0 Å². The standard InChI is InChI=1S/C32H37FN6O/c1-4-27-24(10-7-19(2)36-27)25-12-22(32(40)38-17-23-15-35-37(3)28(23)18-38)13-26-29(33)30(21-6-5-11-34-14-21)39(31(25)26)16-20-8-9-20/h7,10,12-13,15,20-21,34H,4-6,8-9,11,14,16-18H2,1-3H3/t21-/m1/s1. The summed E-state index contributed by atoms with van der Waals surface area (Å²) < 4.78 is 20.8. The highest BCUT2D eigenvalue weighted by Crippen LogP contribution is 2.42. The van der Waals surface area contributed by atoms with E-state index < -0.39 is 0 Å². The summed E-state index contributed by atoms with van der Waals surface area (Å²) in [7, 11) is 1.91. The second-order valence-corrected chi connectivity index (χ2v) is 11.9. The van der Waals surface area contributed by atoms with Gasteiger partial charge in [-0.1, -0.05) is 13.0 Å². The van der Waals surface area contributed by atoms with Gasteiger partial charge in [0.25, 0.3) is 5.91 Å². The van der Waals surface area contributed by atoms with Crippen molar-refractivity contribution in [1.29, 1.82) is 0 Å². The molecule has 1 aromatic carbocycles. The molecule has 0 radical (unpaired) electrons. The minimum absolute atomic E-state index is 0.0762. The van der Waals surface area contributed by atoms with E-state index in [1.807, 2.05) is 47.9 Å². The number of pyridine rings is 1. The first-order valence-corrected chi connectivity index (χ1v) is 14.7. The lowest BCUT2D eigenvalue weighted by Gasteiger charge is -2.25. The van der Waals surface area contributed by atoms with Crippen molar-refractivity contribution in [3.8, 4) is 11.1 Å². The number of amides is 1. The van der Waals surface area contributed by atoms with Gasteiger partial charge in [-0.3, -0.25) is 14.5 Å². The Morgan fingerprint density at radius 3 is 2.73 bits per heavy atom. The molecule has 3 aromatic heterocycles. The highest BCUT2D eigenvalue weighted by atomic mass is 19.1. The monoisotopic (exact) mass is 540 g/mol. The molecule has 1 aliphatic carbocycles. The normalized spacial score (nSPS) is 19.0. The summed E-state index contributed by atoms with van der Waals surface area (Å²) in [6, 6.07) is 7.95. The molecule has 4 aromatic rings. The molecule has 1 saturated heterocycles. The van der Waals surface area contributed by atoms with Gasteiger partial charge in [-0.25, -0.2) is 4.39 Å². The summed E-state index contributed by atoms with van der Waals surface area (Å²) in [5.74, 6) is 0.465. The molecule has 8 heteroatoms. The van der Waals surface area contributed by atoms with Crippen molar-refractivity contribution in [2.24, 2.45) is 13.0 Å². The first-order valence-electron chi connectivity index (χ1n) is 14.7. The Morgan fingerprint density at radius 1 is 1.15 bits per heavy atom. The third-order valence-corrected chi connectivity index (χ3v) is 9.08. The smallest absolute Gasteiger partial charge is 0.254 e. The van der Waals surface area contributed by atoms with Gasteiger partial charge < -0.3 is 14.8 Å². The second kappa shape index (κ2) is 9.84. The van der Waals surface area contributed by atoms with E-state index in [4.69, 9.17) is 4.98 Å². The number of benzene rings is 1. The van der Waals surface area contributed by atoms with E-state index in [1.54, 1.807) is 0 Å². The van der Waals surface area contributed by atoms with E-state index in [9.17, 15) is 4.79 Å². The van der Waals surface area contributed by atoms with Crippen LogP contribution in [0.15, 0.2) is 30.5 Å². The van der Waals surface area contributed by atoms with Gasteiger partial charge in [-0.2, -0.15) is 5.10 Å². The molecule has 1 saturated carbocycles. The molecule has 7 rings (SSSR count). The van der Waals surface area contributed by atoms with Gasteiger partial charge in [0.1, 0.15) is 0 Å². The maximum absolute atomic E-state index is 16.7. The van der Waals surface area contributed by atoms with Crippen molar-refractivity contribution < 1.29 is 9.18 Å². The van der Waals surface area contributed by atoms with E-state index in [0.717, 1.165) is 83.9 Å². The topological polar surface area (TPSA) is 68.0 Å². The average Bonchev–Trinajstić information content (AvgIpc) is 3.48. The molecule has 3 aliphatic rings. The number of aromatic nitrogens is 4. The maximum Gasteiger partial charge on any atom is 0.254 e. The number of halogens is 1. The molecule has 2 fully saturated rings. The van der Waals surface area contributed by atoms with Crippen LogP contribution >= 0.6 is 0 Å². The number of fused-ring (bicyclic) bond motifs is 2. The molecule has 2 aliphatic heterocycles. The highest BCUT2D eigenvalue weighted by Gasteiger charge is 2.33. The largest absolute Gasteiger partial charge is 0.341 e. The van der Waals surface area contributed by atoms with E-state index in [1.165, 1.54) is 12.8 Å². The predicted molar refractivity (Wildman–Crippen MR) is 154 cm³/mol. The lowest BCUT2D eigenvalue weighted by Crippen LogP contribution is -2.30. The van der Waals surface area contributed by atoms with Crippen molar-refractivity contribution in [3.05, 3.63) is 70.2 Å². The molecule has 1 amide bonds. The van der Waals surface area contributed by atoms with Gasteiger partial charge in [0.05, 0.1) is 29.6 Å². The van der Waals surface area contributed by atoms with Crippen molar-refractivity contribution in [2.45, 2.75) is 71.5 Å². The Balaban J connectivity index is 1.44. The molecule has 208 valence electrons. The van der Waals surface area contributed by atoms with Crippen molar-refractivity contribution in [1.82, 2.24) is 29.5 Å². The number of carbonyl (C=O) groups is 1. The molecule has 0 bridgehead atoms. The van der Waals surface area contributed by atoms with Crippen LogP contribution < -0.4 is 5.32 Å². The average molecular weight is 541 g/mol. The van der Waals surface area contributed by atoms with Gasteiger partial charge in [-0.05, 0) is 69.7 Å². The lowest BCUT2D eigenvalue weighted by atomic mass is 9.95.